The van der Waals surface area contributed by atoms with Gasteiger partial charge in [0, 0.05) is 38.4 Å². The summed E-state index contributed by atoms with van der Waals surface area (Å²) in [6, 6.07) is 4.37. The highest BCUT2D eigenvalue weighted by molar-refractivity contribution is 5.43. The highest BCUT2D eigenvalue weighted by Crippen LogP contribution is 2.17. The summed E-state index contributed by atoms with van der Waals surface area (Å²) in [4.78, 5) is 9.56. The molecule has 1 N–H and O–H groups in total. The Labute approximate surface area is 110 Å². The molecule has 0 bridgehead atoms. The van der Waals surface area contributed by atoms with Crippen molar-refractivity contribution in [2.24, 2.45) is 0 Å². The summed E-state index contributed by atoms with van der Waals surface area (Å²) in [6.07, 6.45) is 0. The van der Waals surface area contributed by atoms with Gasteiger partial charge < -0.3 is 15.1 Å². The number of nitrogens with one attached hydrogen (secondary N) is 1. The lowest BCUT2D eigenvalue weighted by molar-refractivity contribution is 0.270. The van der Waals surface area contributed by atoms with E-state index in [0.717, 1.165) is 50.8 Å². The highest BCUT2D eigenvalue weighted by Gasteiger charge is 2.17. The van der Waals surface area contributed by atoms with Crippen LogP contribution in [0, 0.1) is 6.92 Å². The van der Waals surface area contributed by atoms with E-state index in [0.29, 0.717) is 0 Å². The zero-order chi connectivity index (χ0) is 13.0. The van der Waals surface area contributed by atoms with Crippen LogP contribution in [0.4, 0.5) is 5.82 Å². The maximum atomic E-state index is 4.67. The van der Waals surface area contributed by atoms with E-state index in [2.05, 4.69) is 46.1 Å². The van der Waals surface area contributed by atoms with Crippen LogP contribution in [-0.2, 0) is 6.54 Å². The molecule has 1 fully saturated rings. The van der Waals surface area contributed by atoms with E-state index in [1.54, 1.807) is 0 Å². The molecule has 0 atom stereocenters. The van der Waals surface area contributed by atoms with Crippen LogP contribution in [0.5, 0.6) is 0 Å². The van der Waals surface area contributed by atoms with Gasteiger partial charge in [-0.15, -0.1) is 0 Å². The summed E-state index contributed by atoms with van der Waals surface area (Å²) < 4.78 is 0. The minimum atomic E-state index is 0.908. The van der Waals surface area contributed by atoms with Gasteiger partial charge in [-0.3, -0.25) is 0 Å². The Morgan fingerprint density at radius 3 is 2.56 bits per heavy atom. The first kappa shape index (κ1) is 13.3. The molecular weight excluding hydrogens is 224 g/mol. The first-order valence-corrected chi connectivity index (χ1v) is 6.82. The van der Waals surface area contributed by atoms with Gasteiger partial charge in [-0.2, -0.15) is 0 Å². The summed E-state index contributed by atoms with van der Waals surface area (Å²) in [5.74, 6) is 1.14. The molecule has 4 heteroatoms. The summed E-state index contributed by atoms with van der Waals surface area (Å²) in [7, 11) is 1.98. The van der Waals surface area contributed by atoms with Gasteiger partial charge in [0.1, 0.15) is 5.82 Å². The molecule has 0 saturated carbocycles. The first-order valence-electron chi connectivity index (χ1n) is 6.82. The predicted molar refractivity (Wildman–Crippen MR) is 76.1 cm³/mol. The van der Waals surface area contributed by atoms with E-state index in [-0.39, 0.29) is 0 Å². The topological polar surface area (TPSA) is 31.4 Å². The van der Waals surface area contributed by atoms with Crippen molar-refractivity contribution < 1.29 is 0 Å². The normalized spacial score (nSPS) is 17.2. The maximum Gasteiger partial charge on any atom is 0.129 e. The number of nitrogens with zero attached hydrogens (tertiary/aromatic N) is 3. The third kappa shape index (κ3) is 3.21. The van der Waals surface area contributed by atoms with Crippen LogP contribution < -0.4 is 10.2 Å². The fourth-order valence-electron chi connectivity index (χ4n) is 2.48. The van der Waals surface area contributed by atoms with Gasteiger partial charge in [0.2, 0.25) is 0 Å². The van der Waals surface area contributed by atoms with Crippen molar-refractivity contribution in [1.29, 1.82) is 0 Å². The van der Waals surface area contributed by atoms with E-state index < -0.39 is 0 Å². The molecule has 0 unspecified atom stereocenters. The van der Waals surface area contributed by atoms with Crippen LogP contribution in [0.2, 0.25) is 0 Å². The Balaban J connectivity index is 2.08. The fraction of sp³-hybridized carbons (Fsp3) is 0.643. The van der Waals surface area contributed by atoms with Gasteiger partial charge in [0.05, 0.1) is 0 Å². The Morgan fingerprint density at radius 2 is 1.94 bits per heavy atom. The van der Waals surface area contributed by atoms with Crippen LogP contribution >= 0.6 is 0 Å². The van der Waals surface area contributed by atoms with Gasteiger partial charge in [-0.25, -0.2) is 4.98 Å². The maximum absolute atomic E-state index is 4.67. The van der Waals surface area contributed by atoms with Crippen LogP contribution in [0.3, 0.4) is 0 Å². The number of piperazine rings is 1. The zero-order valence-electron chi connectivity index (χ0n) is 11.7. The monoisotopic (exact) mass is 248 g/mol. The molecule has 2 rings (SSSR count). The lowest BCUT2D eigenvalue weighted by Crippen LogP contribution is -2.46. The number of anilines is 1. The molecule has 0 amide bonds. The van der Waals surface area contributed by atoms with E-state index in [1.165, 1.54) is 5.56 Å². The van der Waals surface area contributed by atoms with Crippen molar-refractivity contribution in [3.05, 3.63) is 23.4 Å². The number of hydrogen-bond acceptors (Lipinski definition) is 4. The van der Waals surface area contributed by atoms with E-state index in [9.17, 15) is 0 Å². The molecule has 100 valence electrons. The number of aryl methyl sites for hydroxylation is 1. The SMILES string of the molecule is CCN1CCN(c2cc(CNC)cc(C)n2)CC1. The Hall–Kier alpha value is -1.13. The van der Waals surface area contributed by atoms with Crippen molar-refractivity contribution in [3.8, 4) is 0 Å². The van der Waals surface area contributed by atoms with Crippen molar-refractivity contribution in [2.75, 3.05) is 44.7 Å². The lowest BCUT2D eigenvalue weighted by Gasteiger charge is -2.35. The summed E-state index contributed by atoms with van der Waals surface area (Å²) in [5, 5.41) is 3.20. The van der Waals surface area contributed by atoms with Crippen LogP contribution in [0.15, 0.2) is 12.1 Å². The van der Waals surface area contributed by atoms with Gasteiger partial charge in [0.25, 0.3) is 0 Å². The second-order valence-corrected chi connectivity index (χ2v) is 4.93. The third-order valence-corrected chi connectivity index (χ3v) is 3.52. The molecule has 0 aromatic carbocycles. The summed E-state index contributed by atoms with van der Waals surface area (Å²) in [6.45, 7) is 10.8. The minimum Gasteiger partial charge on any atom is -0.354 e. The second-order valence-electron chi connectivity index (χ2n) is 4.93. The average Bonchev–Trinajstić information content (AvgIpc) is 2.38. The molecule has 0 spiro atoms. The Bertz CT molecular complexity index is 383. The highest BCUT2D eigenvalue weighted by atomic mass is 15.3. The van der Waals surface area contributed by atoms with E-state index in [4.69, 9.17) is 0 Å². The van der Waals surface area contributed by atoms with Crippen LogP contribution in [0.1, 0.15) is 18.2 Å². The standard InChI is InChI=1S/C14H24N4/c1-4-17-5-7-18(8-6-17)14-10-13(11-15-3)9-12(2)16-14/h9-10,15H,4-8,11H2,1-3H3. The predicted octanol–water partition coefficient (Wildman–Crippen LogP) is 1.25. The zero-order valence-corrected chi connectivity index (χ0v) is 11.7. The first-order chi connectivity index (χ1) is 8.72. The molecule has 2 heterocycles. The molecule has 0 aliphatic carbocycles. The van der Waals surface area contributed by atoms with Gasteiger partial charge >= 0.3 is 0 Å². The molecule has 1 aliphatic rings. The van der Waals surface area contributed by atoms with E-state index in [1.807, 2.05) is 7.05 Å². The fourth-order valence-corrected chi connectivity index (χ4v) is 2.48. The molecular formula is C14H24N4. The third-order valence-electron chi connectivity index (χ3n) is 3.52. The molecule has 18 heavy (non-hydrogen) atoms. The number of aromatic nitrogens is 1. The van der Waals surface area contributed by atoms with Crippen molar-refractivity contribution >= 4 is 5.82 Å². The largest absolute Gasteiger partial charge is 0.354 e. The van der Waals surface area contributed by atoms with Crippen molar-refractivity contribution in [3.63, 3.8) is 0 Å². The molecule has 1 aromatic rings. The quantitative estimate of drug-likeness (QED) is 0.869. The average molecular weight is 248 g/mol. The number of likely N-dealkylation sites (N-methyl/N-ethyl adjacent to an activating group) is 1. The van der Waals surface area contributed by atoms with Gasteiger partial charge in [0.15, 0.2) is 0 Å². The summed E-state index contributed by atoms with van der Waals surface area (Å²) >= 11 is 0. The van der Waals surface area contributed by atoms with Crippen molar-refractivity contribution in [2.45, 2.75) is 20.4 Å². The minimum absolute atomic E-state index is 0.908. The molecule has 1 aliphatic heterocycles. The van der Waals surface area contributed by atoms with Crippen molar-refractivity contribution in [1.82, 2.24) is 15.2 Å². The number of rotatable bonds is 4. The molecule has 4 nitrogen and oxygen atoms in total. The number of pyridine rings is 1. The molecule has 1 aromatic heterocycles. The number of hydrogen-bond donors (Lipinski definition) is 1. The van der Waals surface area contributed by atoms with E-state index >= 15 is 0 Å². The summed E-state index contributed by atoms with van der Waals surface area (Å²) in [5.41, 5.74) is 2.42. The van der Waals surface area contributed by atoms with Crippen LogP contribution in [0.25, 0.3) is 0 Å². The Kier molecular flexibility index (Phi) is 4.55. The smallest absolute Gasteiger partial charge is 0.129 e. The molecule has 1 saturated heterocycles. The Morgan fingerprint density at radius 1 is 1.22 bits per heavy atom. The van der Waals surface area contributed by atoms with Gasteiger partial charge in [-0.1, -0.05) is 6.92 Å². The van der Waals surface area contributed by atoms with Gasteiger partial charge in [-0.05, 0) is 38.2 Å². The second kappa shape index (κ2) is 6.16. The molecule has 0 radical (unpaired) electrons. The van der Waals surface area contributed by atoms with Crippen LogP contribution in [-0.4, -0.2) is 49.7 Å². The lowest BCUT2D eigenvalue weighted by atomic mass is 10.2.